The van der Waals surface area contributed by atoms with Crippen LogP contribution in [0.5, 0.6) is 5.75 Å². The summed E-state index contributed by atoms with van der Waals surface area (Å²) in [7, 11) is 7.89. The zero-order chi connectivity index (χ0) is 15.1. The molecular formula is C15H26N4O. The summed E-state index contributed by atoms with van der Waals surface area (Å²) in [5.74, 6) is 0.699. The van der Waals surface area contributed by atoms with Crippen molar-refractivity contribution in [1.29, 1.82) is 5.41 Å². The predicted octanol–water partition coefficient (Wildman–Crippen LogP) is 1.36. The fourth-order valence-electron chi connectivity index (χ4n) is 2.10. The molecule has 0 unspecified atom stereocenters. The van der Waals surface area contributed by atoms with E-state index < -0.39 is 0 Å². The third kappa shape index (κ3) is 5.19. The molecule has 0 bridgehead atoms. The molecule has 1 aromatic rings. The summed E-state index contributed by atoms with van der Waals surface area (Å²) < 4.78 is 5.30. The van der Waals surface area contributed by atoms with Gasteiger partial charge in [-0.3, -0.25) is 5.41 Å². The van der Waals surface area contributed by atoms with E-state index in [9.17, 15) is 0 Å². The molecule has 112 valence electrons. The zero-order valence-corrected chi connectivity index (χ0v) is 12.9. The molecule has 0 fully saturated rings. The number of rotatable bonds is 8. The van der Waals surface area contributed by atoms with Crippen LogP contribution < -0.4 is 10.5 Å². The molecule has 1 aromatic carbocycles. The normalized spacial score (nSPS) is 11.1. The van der Waals surface area contributed by atoms with Crippen molar-refractivity contribution in [2.75, 3.05) is 41.3 Å². The zero-order valence-electron chi connectivity index (χ0n) is 12.9. The molecule has 0 saturated heterocycles. The minimum Gasteiger partial charge on any atom is -0.496 e. The van der Waals surface area contributed by atoms with E-state index in [4.69, 9.17) is 15.9 Å². The minimum absolute atomic E-state index is 0.0349. The number of ether oxygens (including phenoxy) is 1. The summed E-state index contributed by atoms with van der Waals surface area (Å²) in [6.07, 6.45) is 1.15. The molecule has 0 aliphatic heterocycles. The van der Waals surface area contributed by atoms with Crippen LogP contribution in [0.15, 0.2) is 18.2 Å². The highest BCUT2D eigenvalue weighted by atomic mass is 16.5. The molecule has 3 N–H and O–H groups in total. The largest absolute Gasteiger partial charge is 0.496 e. The van der Waals surface area contributed by atoms with Gasteiger partial charge >= 0.3 is 0 Å². The summed E-state index contributed by atoms with van der Waals surface area (Å²) in [5, 5.41) is 7.51. The number of methoxy groups -OCH3 is 1. The van der Waals surface area contributed by atoms with Gasteiger partial charge in [0.2, 0.25) is 0 Å². The molecule has 1 rings (SSSR count). The number of hydrogen-bond acceptors (Lipinski definition) is 4. The Morgan fingerprint density at radius 3 is 2.50 bits per heavy atom. The number of nitrogen functional groups attached to an aromatic ring is 1. The third-order valence-corrected chi connectivity index (χ3v) is 3.15. The first-order valence-electron chi connectivity index (χ1n) is 6.78. The van der Waals surface area contributed by atoms with Crippen LogP contribution in [0.4, 0.5) is 0 Å². The van der Waals surface area contributed by atoms with Crippen molar-refractivity contribution in [1.82, 2.24) is 9.80 Å². The second-order valence-electron chi connectivity index (χ2n) is 5.34. The fraction of sp³-hybridized carbons (Fsp3) is 0.533. The minimum atomic E-state index is 0.0349. The topological polar surface area (TPSA) is 65.6 Å². The lowest BCUT2D eigenvalue weighted by atomic mass is 10.1. The van der Waals surface area contributed by atoms with Gasteiger partial charge < -0.3 is 20.3 Å². The van der Waals surface area contributed by atoms with Crippen LogP contribution in [-0.4, -0.2) is 57.0 Å². The van der Waals surface area contributed by atoms with E-state index in [1.807, 2.05) is 18.2 Å². The van der Waals surface area contributed by atoms with Crippen LogP contribution in [0.3, 0.4) is 0 Å². The van der Waals surface area contributed by atoms with E-state index in [1.54, 1.807) is 7.11 Å². The first kappa shape index (κ1) is 16.5. The average molecular weight is 278 g/mol. The number of hydrogen-bond donors (Lipinski definition) is 2. The standard InChI is InChI=1S/C15H26N4O/c1-18(2)8-5-9-19(3)11-12-6-7-13(15(16)17)14(10-12)20-4/h6-7,10H,5,8-9,11H2,1-4H3,(H3,16,17). The van der Waals surface area contributed by atoms with Crippen molar-refractivity contribution in [2.45, 2.75) is 13.0 Å². The number of amidine groups is 1. The van der Waals surface area contributed by atoms with E-state index in [-0.39, 0.29) is 5.84 Å². The predicted molar refractivity (Wildman–Crippen MR) is 83.5 cm³/mol. The average Bonchev–Trinajstić information content (AvgIpc) is 2.37. The maximum absolute atomic E-state index is 7.51. The van der Waals surface area contributed by atoms with Crippen molar-refractivity contribution in [2.24, 2.45) is 5.73 Å². The Bertz CT molecular complexity index is 445. The molecule has 0 radical (unpaired) electrons. The SMILES string of the molecule is COc1cc(CN(C)CCCN(C)C)ccc1C(=N)N. The van der Waals surface area contributed by atoms with Crippen molar-refractivity contribution >= 4 is 5.84 Å². The van der Waals surface area contributed by atoms with Gasteiger partial charge in [-0.25, -0.2) is 0 Å². The maximum Gasteiger partial charge on any atom is 0.130 e. The van der Waals surface area contributed by atoms with E-state index >= 15 is 0 Å². The molecule has 0 spiro atoms. The molecule has 5 heteroatoms. The maximum atomic E-state index is 7.51. The van der Waals surface area contributed by atoms with Crippen molar-refractivity contribution < 1.29 is 4.74 Å². The monoisotopic (exact) mass is 278 g/mol. The highest BCUT2D eigenvalue weighted by molar-refractivity contribution is 5.97. The van der Waals surface area contributed by atoms with Crippen molar-refractivity contribution in [3.8, 4) is 5.75 Å². The van der Waals surface area contributed by atoms with Gasteiger partial charge in [-0.1, -0.05) is 6.07 Å². The van der Waals surface area contributed by atoms with E-state index in [0.717, 1.165) is 26.1 Å². The Kier molecular flexibility index (Phi) is 6.48. The van der Waals surface area contributed by atoms with Crippen LogP contribution in [-0.2, 0) is 6.54 Å². The van der Waals surface area contributed by atoms with Crippen LogP contribution >= 0.6 is 0 Å². The third-order valence-electron chi connectivity index (χ3n) is 3.15. The first-order chi connectivity index (χ1) is 9.43. The van der Waals surface area contributed by atoms with Gasteiger partial charge in [0.1, 0.15) is 11.6 Å². The Morgan fingerprint density at radius 2 is 1.95 bits per heavy atom. The second-order valence-corrected chi connectivity index (χ2v) is 5.34. The van der Waals surface area contributed by atoms with Gasteiger partial charge in [-0.05, 0) is 58.3 Å². The van der Waals surface area contributed by atoms with Gasteiger partial charge in [-0.15, -0.1) is 0 Å². The molecule has 0 atom stereocenters. The van der Waals surface area contributed by atoms with Gasteiger partial charge in [0.05, 0.1) is 12.7 Å². The smallest absolute Gasteiger partial charge is 0.130 e. The quantitative estimate of drug-likeness (QED) is 0.557. The van der Waals surface area contributed by atoms with Gasteiger partial charge in [0.25, 0.3) is 0 Å². The lowest BCUT2D eigenvalue weighted by Crippen LogP contribution is -2.23. The Hall–Kier alpha value is -1.59. The Morgan fingerprint density at radius 1 is 1.25 bits per heavy atom. The summed E-state index contributed by atoms with van der Waals surface area (Å²) in [6.45, 7) is 3.01. The molecule has 0 saturated carbocycles. The van der Waals surface area contributed by atoms with E-state index in [1.165, 1.54) is 5.56 Å². The highest BCUT2D eigenvalue weighted by Crippen LogP contribution is 2.20. The fourth-order valence-corrected chi connectivity index (χ4v) is 2.10. The molecular weight excluding hydrogens is 252 g/mol. The van der Waals surface area contributed by atoms with Crippen LogP contribution in [0.2, 0.25) is 0 Å². The highest BCUT2D eigenvalue weighted by Gasteiger charge is 2.08. The first-order valence-corrected chi connectivity index (χ1v) is 6.78. The number of nitrogens with one attached hydrogen (secondary N) is 1. The van der Waals surface area contributed by atoms with Gasteiger partial charge in [0, 0.05) is 6.54 Å². The summed E-state index contributed by atoms with van der Waals surface area (Å²) >= 11 is 0. The molecule has 5 nitrogen and oxygen atoms in total. The van der Waals surface area contributed by atoms with Crippen LogP contribution in [0.1, 0.15) is 17.5 Å². The number of benzene rings is 1. The molecule has 20 heavy (non-hydrogen) atoms. The van der Waals surface area contributed by atoms with Gasteiger partial charge in [0.15, 0.2) is 0 Å². The molecule has 0 aliphatic carbocycles. The Labute approximate surface area is 121 Å². The van der Waals surface area contributed by atoms with Crippen molar-refractivity contribution in [3.63, 3.8) is 0 Å². The van der Waals surface area contributed by atoms with Gasteiger partial charge in [-0.2, -0.15) is 0 Å². The van der Waals surface area contributed by atoms with Crippen molar-refractivity contribution in [3.05, 3.63) is 29.3 Å². The second kappa shape index (κ2) is 7.87. The number of nitrogens with two attached hydrogens (primary N) is 1. The summed E-state index contributed by atoms with van der Waals surface area (Å²) in [6, 6.07) is 5.81. The number of nitrogens with zero attached hydrogens (tertiary/aromatic N) is 2. The summed E-state index contributed by atoms with van der Waals surface area (Å²) in [4.78, 5) is 4.48. The molecule has 0 heterocycles. The molecule has 0 amide bonds. The Balaban J connectivity index is 2.61. The lowest BCUT2D eigenvalue weighted by Gasteiger charge is -2.19. The van der Waals surface area contributed by atoms with Crippen LogP contribution in [0, 0.1) is 5.41 Å². The van der Waals surface area contributed by atoms with E-state index in [0.29, 0.717) is 11.3 Å². The molecule has 0 aromatic heterocycles. The summed E-state index contributed by atoms with van der Waals surface area (Å²) in [5.41, 5.74) is 7.33. The van der Waals surface area contributed by atoms with E-state index in [2.05, 4.69) is 30.9 Å². The van der Waals surface area contributed by atoms with Crippen LogP contribution in [0.25, 0.3) is 0 Å². The lowest BCUT2D eigenvalue weighted by molar-refractivity contribution is 0.294. The molecule has 0 aliphatic rings.